The van der Waals surface area contributed by atoms with E-state index in [1.165, 1.54) is 17.2 Å². The summed E-state index contributed by atoms with van der Waals surface area (Å²) in [5.74, 6) is 0.330. The van der Waals surface area contributed by atoms with Gasteiger partial charge in [0.05, 0.1) is 7.11 Å². The van der Waals surface area contributed by atoms with Crippen LogP contribution >= 0.6 is 0 Å². The number of hydrogen-bond donors (Lipinski definition) is 1. The van der Waals surface area contributed by atoms with Gasteiger partial charge in [0.15, 0.2) is 0 Å². The third-order valence-corrected chi connectivity index (χ3v) is 3.74. The molecule has 0 saturated carbocycles. The van der Waals surface area contributed by atoms with E-state index in [9.17, 15) is 4.39 Å². The van der Waals surface area contributed by atoms with Crippen LogP contribution in [0, 0.1) is 12.7 Å². The molecule has 1 N–H and O–H groups in total. The Morgan fingerprint density at radius 3 is 2.29 bits per heavy atom. The van der Waals surface area contributed by atoms with Gasteiger partial charge in [0.1, 0.15) is 11.6 Å². The summed E-state index contributed by atoms with van der Waals surface area (Å²) in [4.78, 5) is 0. The van der Waals surface area contributed by atoms with Gasteiger partial charge in [0, 0.05) is 17.6 Å². The van der Waals surface area contributed by atoms with Crippen LogP contribution in [0.5, 0.6) is 5.75 Å². The lowest BCUT2D eigenvalue weighted by Gasteiger charge is -2.23. The fraction of sp³-hybridized carbons (Fsp3) is 0.333. The number of hydrogen-bond acceptors (Lipinski definition) is 2. The fourth-order valence-electron chi connectivity index (χ4n) is 2.53. The molecule has 0 spiro atoms. The fourth-order valence-corrected chi connectivity index (χ4v) is 2.53. The Morgan fingerprint density at radius 1 is 1.00 bits per heavy atom. The van der Waals surface area contributed by atoms with Gasteiger partial charge in [-0.15, -0.1) is 0 Å². The molecule has 0 aromatic heterocycles. The number of benzene rings is 2. The zero-order valence-corrected chi connectivity index (χ0v) is 13.0. The minimum Gasteiger partial charge on any atom is -0.496 e. The Morgan fingerprint density at radius 2 is 1.67 bits per heavy atom. The van der Waals surface area contributed by atoms with Gasteiger partial charge < -0.3 is 10.1 Å². The van der Waals surface area contributed by atoms with Crippen molar-refractivity contribution < 1.29 is 9.13 Å². The lowest BCUT2D eigenvalue weighted by Crippen LogP contribution is -2.23. The van der Waals surface area contributed by atoms with E-state index in [2.05, 4.69) is 43.4 Å². The summed E-state index contributed by atoms with van der Waals surface area (Å²) in [5, 5.41) is 3.43. The zero-order chi connectivity index (χ0) is 15.4. The first-order valence-electron chi connectivity index (χ1n) is 7.18. The summed E-state index contributed by atoms with van der Waals surface area (Å²) in [7, 11) is 1.56. The second-order valence-corrected chi connectivity index (χ2v) is 5.38. The topological polar surface area (TPSA) is 21.3 Å². The minimum atomic E-state index is -0.245. The highest BCUT2D eigenvalue weighted by Gasteiger charge is 2.18. The number of halogens is 1. The van der Waals surface area contributed by atoms with E-state index in [1.54, 1.807) is 19.2 Å². The number of ether oxygens (including phenoxy) is 1. The highest BCUT2D eigenvalue weighted by atomic mass is 19.1. The van der Waals surface area contributed by atoms with Crippen molar-refractivity contribution in [1.29, 1.82) is 0 Å². The van der Waals surface area contributed by atoms with Crippen molar-refractivity contribution in [1.82, 2.24) is 5.32 Å². The van der Waals surface area contributed by atoms with E-state index in [0.717, 1.165) is 0 Å². The lowest BCUT2D eigenvalue weighted by atomic mass is 10.0. The molecule has 21 heavy (non-hydrogen) atoms. The number of nitrogens with one attached hydrogen (secondary N) is 1. The zero-order valence-electron chi connectivity index (χ0n) is 13.0. The number of rotatable bonds is 5. The maximum absolute atomic E-state index is 14.1. The van der Waals surface area contributed by atoms with Gasteiger partial charge in [0.25, 0.3) is 0 Å². The van der Waals surface area contributed by atoms with Gasteiger partial charge in [-0.05, 0) is 38.5 Å². The summed E-state index contributed by atoms with van der Waals surface area (Å²) < 4.78 is 19.3. The highest BCUT2D eigenvalue weighted by molar-refractivity contribution is 5.37. The Hall–Kier alpha value is -1.87. The van der Waals surface area contributed by atoms with Crippen LogP contribution in [0.1, 0.15) is 42.6 Å². The first kappa shape index (κ1) is 15.5. The van der Waals surface area contributed by atoms with Crippen LogP contribution in [-0.4, -0.2) is 7.11 Å². The molecule has 2 aromatic carbocycles. The van der Waals surface area contributed by atoms with Gasteiger partial charge in [-0.3, -0.25) is 0 Å². The molecule has 3 heteroatoms. The second-order valence-electron chi connectivity index (χ2n) is 5.38. The van der Waals surface area contributed by atoms with Crippen molar-refractivity contribution in [2.24, 2.45) is 0 Å². The first-order chi connectivity index (χ1) is 10.0. The van der Waals surface area contributed by atoms with E-state index in [-0.39, 0.29) is 17.9 Å². The Bertz CT molecular complexity index is 595. The molecule has 2 nitrogen and oxygen atoms in total. The molecule has 0 bridgehead atoms. The predicted octanol–water partition coefficient (Wildman–Crippen LogP) is 4.55. The van der Waals surface area contributed by atoms with Crippen LogP contribution in [0.4, 0.5) is 4.39 Å². The number of aryl methyl sites for hydroxylation is 1. The van der Waals surface area contributed by atoms with Gasteiger partial charge in [-0.25, -0.2) is 4.39 Å². The summed E-state index contributed by atoms with van der Waals surface area (Å²) in [6.07, 6.45) is 0. The Kier molecular flexibility index (Phi) is 4.97. The number of methoxy groups -OCH3 is 1. The molecule has 1 unspecified atom stereocenters. The van der Waals surface area contributed by atoms with E-state index in [4.69, 9.17) is 4.74 Å². The third-order valence-electron chi connectivity index (χ3n) is 3.74. The van der Waals surface area contributed by atoms with Crippen molar-refractivity contribution in [3.63, 3.8) is 0 Å². The highest BCUT2D eigenvalue weighted by Crippen LogP contribution is 2.29. The molecule has 0 amide bonds. The van der Waals surface area contributed by atoms with E-state index in [0.29, 0.717) is 11.3 Å². The van der Waals surface area contributed by atoms with E-state index < -0.39 is 0 Å². The van der Waals surface area contributed by atoms with Gasteiger partial charge in [0.2, 0.25) is 0 Å². The summed E-state index contributed by atoms with van der Waals surface area (Å²) in [5.41, 5.74) is 2.98. The summed E-state index contributed by atoms with van der Waals surface area (Å²) >= 11 is 0. The monoisotopic (exact) mass is 287 g/mol. The lowest BCUT2D eigenvalue weighted by molar-refractivity contribution is 0.387. The molecule has 0 aliphatic carbocycles. The third kappa shape index (κ3) is 3.61. The minimum absolute atomic E-state index is 0.130. The van der Waals surface area contributed by atoms with Crippen LogP contribution in [0.25, 0.3) is 0 Å². The Balaban J connectivity index is 2.18. The second kappa shape index (κ2) is 6.72. The maximum Gasteiger partial charge on any atom is 0.131 e. The maximum atomic E-state index is 14.1. The molecule has 0 aliphatic heterocycles. The standard InChI is InChI=1S/C18H22FNO/c1-12-8-10-15(11-9-12)13(2)20-14(3)18-16(19)6-5-7-17(18)21-4/h5-11,13-14,20H,1-4H3/t13-,14?/m1/s1. The molecule has 0 aliphatic rings. The van der Waals surface area contributed by atoms with Crippen molar-refractivity contribution >= 4 is 0 Å². The molecule has 2 aromatic rings. The largest absolute Gasteiger partial charge is 0.496 e. The van der Waals surface area contributed by atoms with Gasteiger partial charge in [-0.1, -0.05) is 35.9 Å². The summed E-state index contributed by atoms with van der Waals surface area (Å²) in [6, 6.07) is 13.3. The molecule has 0 fully saturated rings. The molecule has 112 valence electrons. The molecule has 2 rings (SSSR count). The average Bonchev–Trinajstić information content (AvgIpc) is 2.47. The van der Waals surface area contributed by atoms with Crippen molar-refractivity contribution in [2.75, 3.05) is 7.11 Å². The van der Waals surface area contributed by atoms with Crippen molar-refractivity contribution in [3.05, 3.63) is 65.0 Å². The molecular weight excluding hydrogens is 265 g/mol. The molecule has 0 radical (unpaired) electrons. The first-order valence-corrected chi connectivity index (χ1v) is 7.18. The van der Waals surface area contributed by atoms with Crippen LogP contribution in [0.3, 0.4) is 0 Å². The van der Waals surface area contributed by atoms with Crippen LogP contribution in [-0.2, 0) is 0 Å². The molecule has 0 heterocycles. The SMILES string of the molecule is COc1cccc(F)c1C(C)N[C@H](C)c1ccc(C)cc1. The normalized spacial score (nSPS) is 13.8. The quantitative estimate of drug-likeness (QED) is 0.870. The van der Waals surface area contributed by atoms with E-state index in [1.807, 2.05) is 6.92 Å². The van der Waals surface area contributed by atoms with E-state index >= 15 is 0 Å². The summed E-state index contributed by atoms with van der Waals surface area (Å²) in [6.45, 7) is 6.09. The van der Waals surface area contributed by atoms with Gasteiger partial charge in [-0.2, -0.15) is 0 Å². The molecule has 0 saturated heterocycles. The van der Waals surface area contributed by atoms with Gasteiger partial charge >= 0.3 is 0 Å². The average molecular weight is 287 g/mol. The van der Waals surface area contributed by atoms with Crippen LogP contribution < -0.4 is 10.1 Å². The molecule has 2 atom stereocenters. The van der Waals surface area contributed by atoms with Crippen molar-refractivity contribution in [2.45, 2.75) is 32.9 Å². The van der Waals surface area contributed by atoms with Crippen LogP contribution in [0.15, 0.2) is 42.5 Å². The van der Waals surface area contributed by atoms with Crippen molar-refractivity contribution in [3.8, 4) is 5.75 Å². The smallest absolute Gasteiger partial charge is 0.131 e. The molecular formula is C18H22FNO. The predicted molar refractivity (Wildman–Crippen MR) is 84.1 cm³/mol. The Labute approximate surface area is 126 Å². The van der Waals surface area contributed by atoms with Crippen LogP contribution in [0.2, 0.25) is 0 Å².